The van der Waals surface area contributed by atoms with Crippen molar-refractivity contribution >= 4 is 17.7 Å². The van der Waals surface area contributed by atoms with E-state index in [2.05, 4.69) is 6.07 Å². The smallest absolute Gasteiger partial charge is 0.232 e. The lowest BCUT2D eigenvalue weighted by atomic mass is 10.1. The molecule has 4 heteroatoms. The maximum atomic E-state index is 12.2. The van der Waals surface area contributed by atoms with E-state index in [0.717, 1.165) is 10.5 Å². The molecule has 0 N–H and O–H groups in total. The van der Waals surface area contributed by atoms with Crippen molar-refractivity contribution in [3.05, 3.63) is 65.2 Å². The summed E-state index contributed by atoms with van der Waals surface area (Å²) >= 11 is 1.54. The van der Waals surface area contributed by atoms with Crippen LogP contribution in [0.4, 0.5) is 0 Å². The molecule has 0 aromatic heterocycles. The summed E-state index contributed by atoms with van der Waals surface area (Å²) in [6, 6.07) is 17.6. The largest absolute Gasteiger partial charge is 0.341 e. The molecule has 0 unspecified atom stereocenters. The predicted octanol–water partition coefficient (Wildman–Crippen LogP) is 3.62. The van der Waals surface area contributed by atoms with Gasteiger partial charge in [0.1, 0.15) is 0 Å². The number of hydrogen-bond acceptors (Lipinski definition) is 3. The third-order valence-electron chi connectivity index (χ3n) is 3.28. The third-order valence-corrected chi connectivity index (χ3v) is 4.28. The highest BCUT2D eigenvalue weighted by Crippen LogP contribution is 2.19. The number of nitriles is 1. The summed E-state index contributed by atoms with van der Waals surface area (Å²) in [5, 5.41) is 8.90. The number of carbonyl (C=O) groups excluding carboxylic acids is 1. The van der Waals surface area contributed by atoms with Crippen LogP contribution in [0.15, 0.2) is 53.4 Å². The van der Waals surface area contributed by atoms with Gasteiger partial charge in [-0.1, -0.05) is 29.8 Å². The van der Waals surface area contributed by atoms with Crippen molar-refractivity contribution < 1.29 is 4.79 Å². The number of aryl methyl sites for hydroxylation is 1. The van der Waals surface area contributed by atoms with Crippen LogP contribution in [0, 0.1) is 18.3 Å². The molecule has 2 aromatic rings. The molecule has 0 heterocycles. The van der Waals surface area contributed by atoms with Gasteiger partial charge >= 0.3 is 0 Å². The van der Waals surface area contributed by atoms with Crippen LogP contribution < -0.4 is 0 Å². The van der Waals surface area contributed by atoms with Crippen LogP contribution in [0.25, 0.3) is 0 Å². The zero-order valence-electron chi connectivity index (χ0n) is 12.7. The van der Waals surface area contributed by atoms with E-state index in [1.807, 2.05) is 49.4 Å². The van der Waals surface area contributed by atoms with Crippen LogP contribution >= 0.6 is 11.8 Å². The van der Waals surface area contributed by atoms with Gasteiger partial charge < -0.3 is 4.90 Å². The number of nitrogens with zero attached hydrogens (tertiary/aromatic N) is 2. The van der Waals surface area contributed by atoms with Gasteiger partial charge in [-0.15, -0.1) is 11.8 Å². The van der Waals surface area contributed by atoms with Crippen molar-refractivity contribution in [1.82, 2.24) is 4.90 Å². The van der Waals surface area contributed by atoms with Crippen molar-refractivity contribution in [2.24, 2.45) is 0 Å². The second-order valence-corrected chi connectivity index (χ2v) is 6.21. The summed E-state index contributed by atoms with van der Waals surface area (Å²) in [6.07, 6.45) is 0. The van der Waals surface area contributed by atoms with Crippen LogP contribution in [0.1, 0.15) is 16.7 Å². The van der Waals surface area contributed by atoms with Crippen molar-refractivity contribution in [1.29, 1.82) is 5.26 Å². The Morgan fingerprint density at radius 1 is 1.23 bits per heavy atom. The van der Waals surface area contributed by atoms with E-state index in [4.69, 9.17) is 5.26 Å². The number of hydrogen-bond donors (Lipinski definition) is 0. The molecule has 0 aliphatic heterocycles. The van der Waals surface area contributed by atoms with Gasteiger partial charge in [0.25, 0.3) is 0 Å². The molecule has 0 aliphatic rings. The number of benzene rings is 2. The fraction of sp³-hybridized carbons (Fsp3) is 0.222. The number of thioether (sulfide) groups is 1. The molecule has 0 radical (unpaired) electrons. The van der Waals surface area contributed by atoms with Gasteiger partial charge in [0.2, 0.25) is 5.91 Å². The molecular formula is C18H18N2OS. The van der Waals surface area contributed by atoms with Gasteiger partial charge in [-0.3, -0.25) is 4.79 Å². The van der Waals surface area contributed by atoms with Gasteiger partial charge in [-0.05, 0) is 36.8 Å². The summed E-state index contributed by atoms with van der Waals surface area (Å²) in [5.41, 5.74) is 2.80. The second-order valence-electron chi connectivity index (χ2n) is 5.16. The maximum Gasteiger partial charge on any atom is 0.232 e. The number of rotatable bonds is 5. The van der Waals surface area contributed by atoms with Gasteiger partial charge in [0, 0.05) is 18.5 Å². The molecule has 0 saturated heterocycles. The molecule has 0 fully saturated rings. The fourth-order valence-electron chi connectivity index (χ4n) is 1.99. The summed E-state index contributed by atoms with van der Waals surface area (Å²) in [6.45, 7) is 2.56. The van der Waals surface area contributed by atoms with Gasteiger partial charge in [-0.2, -0.15) is 5.26 Å². The van der Waals surface area contributed by atoms with Gasteiger partial charge in [-0.25, -0.2) is 0 Å². The first-order chi connectivity index (χ1) is 10.6. The average molecular weight is 310 g/mol. The monoisotopic (exact) mass is 310 g/mol. The molecule has 2 rings (SSSR count). The second kappa shape index (κ2) is 7.67. The maximum absolute atomic E-state index is 12.2. The fourth-order valence-corrected chi connectivity index (χ4v) is 2.83. The molecule has 22 heavy (non-hydrogen) atoms. The van der Waals surface area contributed by atoms with Crippen LogP contribution in [0.2, 0.25) is 0 Å². The minimum Gasteiger partial charge on any atom is -0.341 e. The van der Waals surface area contributed by atoms with Crippen LogP contribution in [-0.4, -0.2) is 23.6 Å². The highest BCUT2D eigenvalue weighted by molar-refractivity contribution is 8.00. The van der Waals surface area contributed by atoms with E-state index in [-0.39, 0.29) is 5.91 Å². The van der Waals surface area contributed by atoms with E-state index in [0.29, 0.717) is 17.9 Å². The Morgan fingerprint density at radius 3 is 2.64 bits per heavy atom. The lowest BCUT2D eigenvalue weighted by molar-refractivity contribution is -0.127. The Kier molecular flexibility index (Phi) is 5.62. The first-order valence-corrected chi connectivity index (χ1v) is 7.99. The van der Waals surface area contributed by atoms with Crippen molar-refractivity contribution in [2.45, 2.75) is 18.4 Å². The van der Waals surface area contributed by atoms with E-state index < -0.39 is 0 Å². The molecule has 0 saturated carbocycles. The third kappa shape index (κ3) is 4.64. The lowest BCUT2D eigenvalue weighted by Gasteiger charge is -2.17. The quantitative estimate of drug-likeness (QED) is 0.792. The Balaban J connectivity index is 1.89. The van der Waals surface area contributed by atoms with Crippen molar-refractivity contribution in [2.75, 3.05) is 12.8 Å². The van der Waals surface area contributed by atoms with Gasteiger partial charge in [0.05, 0.1) is 17.4 Å². The van der Waals surface area contributed by atoms with Crippen LogP contribution in [0.3, 0.4) is 0 Å². The van der Waals surface area contributed by atoms with E-state index in [1.54, 1.807) is 29.8 Å². The molecule has 0 bridgehead atoms. The number of carbonyl (C=O) groups is 1. The van der Waals surface area contributed by atoms with E-state index >= 15 is 0 Å². The Hall–Kier alpha value is -2.25. The first kappa shape index (κ1) is 16.1. The summed E-state index contributed by atoms with van der Waals surface area (Å²) in [7, 11) is 1.79. The molecule has 1 amide bonds. The average Bonchev–Trinajstić information content (AvgIpc) is 2.54. The van der Waals surface area contributed by atoms with E-state index in [9.17, 15) is 4.79 Å². The van der Waals surface area contributed by atoms with Crippen LogP contribution in [0.5, 0.6) is 0 Å². The molecule has 0 atom stereocenters. The molecular weight excluding hydrogens is 292 g/mol. The zero-order chi connectivity index (χ0) is 15.9. The molecule has 0 aliphatic carbocycles. The Morgan fingerprint density at radius 2 is 1.95 bits per heavy atom. The highest BCUT2D eigenvalue weighted by atomic mass is 32.2. The predicted molar refractivity (Wildman–Crippen MR) is 89.5 cm³/mol. The van der Waals surface area contributed by atoms with Crippen LogP contribution in [-0.2, 0) is 11.3 Å². The summed E-state index contributed by atoms with van der Waals surface area (Å²) in [4.78, 5) is 15.0. The lowest BCUT2D eigenvalue weighted by Crippen LogP contribution is -2.27. The SMILES string of the molecule is Cc1ccc(SCC(=O)N(C)Cc2cccc(C#N)c2)cc1. The zero-order valence-corrected chi connectivity index (χ0v) is 13.6. The minimum atomic E-state index is 0.0768. The van der Waals surface area contributed by atoms with E-state index in [1.165, 1.54) is 5.56 Å². The van der Waals surface area contributed by atoms with Gasteiger partial charge in [0.15, 0.2) is 0 Å². The number of amides is 1. The minimum absolute atomic E-state index is 0.0768. The topological polar surface area (TPSA) is 44.1 Å². The normalized spacial score (nSPS) is 10.0. The molecule has 3 nitrogen and oxygen atoms in total. The Bertz CT molecular complexity index is 689. The summed E-state index contributed by atoms with van der Waals surface area (Å²) < 4.78 is 0. The molecule has 0 spiro atoms. The summed E-state index contributed by atoms with van der Waals surface area (Å²) in [5.74, 6) is 0.491. The van der Waals surface area contributed by atoms with Crippen molar-refractivity contribution in [3.8, 4) is 6.07 Å². The highest BCUT2D eigenvalue weighted by Gasteiger charge is 2.10. The first-order valence-electron chi connectivity index (χ1n) is 7.01. The molecule has 2 aromatic carbocycles. The molecule has 112 valence electrons. The van der Waals surface area contributed by atoms with Crippen molar-refractivity contribution in [3.63, 3.8) is 0 Å². The standard InChI is InChI=1S/C18H18N2OS/c1-14-6-8-17(9-7-14)22-13-18(21)20(2)12-16-5-3-4-15(10-16)11-19/h3-10H,12-13H2,1-2H3. The Labute approximate surface area is 135 Å².